The largest absolute Gasteiger partial charge is 0.418 e. The molecular weight excluding hydrogens is 608 g/mol. The van der Waals surface area contributed by atoms with Crippen molar-refractivity contribution in [1.29, 1.82) is 0 Å². The summed E-state index contributed by atoms with van der Waals surface area (Å²) in [6.07, 6.45) is -6.60. The molecule has 0 spiro atoms. The smallest absolute Gasteiger partial charge is 0.382 e. The van der Waals surface area contributed by atoms with Crippen molar-refractivity contribution in [2.45, 2.75) is 41.0 Å². The van der Waals surface area contributed by atoms with Gasteiger partial charge in [0.15, 0.2) is 5.78 Å². The number of carbonyl (C=O) groups excluding carboxylic acids is 1. The summed E-state index contributed by atoms with van der Waals surface area (Å²) in [6, 6.07) is 7.79. The van der Waals surface area contributed by atoms with Gasteiger partial charge in [0, 0.05) is 65.5 Å². The van der Waals surface area contributed by atoms with Gasteiger partial charge >= 0.3 is 12.4 Å². The highest BCUT2D eigenvalue weighted by atomic mass is 32.2. The fraction of sp³-hybridized carbons (Fsp3) is 0.444. The first-order valence-electron chi connectivity index (χ1n) is 13.0. The van der Waals surface area contributed by atoms with Gasteiger partial charge in [0.2, 0.25) is 10.0 Å². The average Bonchev–Trinajstić information content (AvgIpc) is 2.91. The van der Waals surface area contributed by atoms with Crippen LogP contribution in [0.4, 0.5) is 32.0 Å². The molecule has 0 unspecified atom stereocenters. The summed E-state index contributed by atoms with van der Waals surface area (Å²) >= 11 is 0.509. The van der Waals surface area contributed by atoms with Crippen molar-refractivity contribution in [1.82, 2.24) is 9.21 Å². The predicted molar refractivity (Wildman–Crippen MR) is 146 cm³/mol. The van der Waals surface area contributed by atoms with E-state index in [0.717, 1.165) is 24.5 Å². The minimum Gasteiger partial charge on any atom is -0.382 e. The van der Waals surface area contributed by atoms with Gasteiger partial charge in [0.25, 0.3) is 0 Å². The number of piperidine rings is 1. The molecule has 230 valence electrons. The number of nitrogens with zero attached hydrogens (tertiary/aromatic N) is 2. The molecule has 0 atom stereocenters. The number of hydrogen-bond donors (Lipinski definition) is 1. The van der Waals surface area contributed by atoms with Crippen molar-refractivity contribution in [2.24, 2.45) is 0 Å². The summed E-state index contributed by atoms with van der Waals surface area (Å²) in [6.45, 7) is 2.13. The normalized spacial score (nSPS) is 18.0. The minimum absolute atomic E-state index is 0.0957. The average molecular weight is 638 g/mol. The molecule has 7 nitrogen and oxygen atoms in total. The van der Waals surface area contributed by atoms with Gasteiger partial charge < -0.3 is 15.0 Å². The lowest BCUT2D eigenvalue weighted by Crippen LogP contribution is -2.41. The Morgan fingerprint density at radius 3 is 2.21 bits per heavy atom. The number of hydrogen-bond acceptors (Lipinski definition) is 7. The van der Waals surface area contributed by atoms with Gasteiger partial charge in [-0.2, -0.15) is 26.3 Å². The molecule has 0 saturated carbocycles. The summed E-state index contributed by atoms with van der Waals surface area (Å²) in [5.41, 5.74) is -4.50. The Labute approximate surface area is 243 Å². The highest BCUT2D eigenvalue weighted by Crippen LogP contribution is 2.48. The van der Waals surface area contributed by atoms with Gasteiger partial charge in [-0.1, -0.05) is 17.8 Å². The van der Waals surface area contributed by atoms with E-state index in [1.807, 2.05) is 0 Å². The molecular formula is C27H29F6N3O4S2. The van der Waals surface area contributed by atoms with E-state index in [0.29, 0.717) is 69.7 Å². The molecule has 2 aromatic rings. The molecule has 0 aromatic heterocycles. The molecule has 2 heterocycles. The zero-order chi connectivity index (χ0) is 30.7. The van der Waals surface area contributed by atoms with E-state index < -0.39 is 49.7 Å². The highest BCUT2D eigenvalue weighted by molar-refractivity contribution is 7.99. The number of alkyl halides is 6. The third-order valence-electron chi connectivity index (χ3n) is 6.84. The van der Waals surface area contributed by atoms with Crippen LogP contribution in [0.1, 0.15) is 34.3 Å². The molecule has 2 fully saturated rings. The summed E-state index contributed by atoms with van der Waals surface area (Å²) in [5.74, 6) is -1.19. The number of rotatable bonds is 8. The highest BCUT2D eigenvalue weighted by Gasteiger charge is 2.47. The van der Waals surface area contributed by atoms with Crippen LogP contribution in [0.3, 0.4) is 0 Å². The van der Waals surface area contributed by atoms with E-state index in [1.54, 1.807) is 17.0 Å². The van der Waals surface area contributed by atoms with Gasteiger partial charge in [-0.15, -0.1) is 0 Å². The Morgan fingerprint density at radius 1 is 0.976 bits per heavy atom. The second-order valence-electron chi connectivity index (χ2n) is 9.90. The first kappa shape index (κ1) is 32.2. The van der Waals surface area contributed by atoms with Crippen LogP contribution in [0.15, 0.2) is 58.5 Å². The Hall–Kier alpha value is -2.75. The molecule has 0 radical (unpaired) electrons. The van der Waals surface area contributed by atoms with Crippen LogP contribution in [0.25, 0.3) is 0 Å². The van der Waals surface area contributed by atoms with Crippen LogP contribution < -0.4 is 5.32 Å². The van der Waals surface area contributed by atoms with E-state index in [4.69, 9.17) is 4.74 Å². The second kappa shape index (κ2) is 12.9. The third kappa shape index (κ3) is 8.20. The zero-order valence-corrected chi connectivity index (χ0v) is 24.1. The summed E-state index contributed by atoms with van der Waals surface area (Å²) in [7, 11) is -3.31. The Kier molecular flexibility index (Phi) is 9.85. The molecule has 42 heavy (non-hydrogen) atoms. The number of ether oxygens (including phenoxy) is 1. The second-order valence-corrected chi connectivity index (χ2v) is 13.0. The van der Waals surface area contributed by atoms with E-state index in [2.05, 4.69) is 5.32 Å². The number of nitrogens with one attached hydrogen (secondary N) is 1. The number of sulfonamides is 1. The van der Waals surface area contributed by atoms with Crippen molar-refractivity contribution in [3.8, 4) is 0 Å². The fourth-order valence-electron chi connectivity index (χ4n) is 4.78. The lowest BCUT2D eigenvalue weighted by atomic mass is 9.96. The number of allylic oxidation sites excluding steroid dienone is 1. The van der Waals surface area contributed by atoms with Crippen LogP contribution in [0.5, 0.6) is 0 Å². The summed E-state index contributed by atoms with van der Waals surface area (Å²) in [5, 5.41) is 3.22. The molecule has 2 saturated heterocycles. The topological polar surface area (TPSA) is 79.0 Å². The molecule has 0 aliphatic carbocycles. The van der Waals surface area contributed by atoms with Gasteiger partial charge in [0.05, 0.1) is 30.6 Å². The number of benzene rings is 2. The maximum Gasteiger partial charge on any atom is 0.418 e. The number of ketones is 1. The third-order valence-corrected chi connectivity index (χ3v) is 9.19. The first-order valence-corrected chi connectivity index (χ1v) is 15.6. The first-order chi connectivity index (χ1) is 19.6. The fourth-order valence-corrected chi connectivity index (χ4v) is 6.70. The predicted octanol–water partition coefficient (Wildman–Crippen LogP) is 5.74. The lowest BCUT2D eigenvalue weighted by molar-refractivity contribution is -0.163. The van der Waals surface area contributed by atoms with Crippen molar-refractivity contribution in [3.05, 3.63) is 65.4 Å². The molecule has 2 aliphatic rings. The standard InChI is InChI=1S/C27H29F6N3O4S2/c1-42(38,39)36-11-7-18(8-12-36)34-19-3-2-4-20(17-19)41-23-6-5-21(22(37)9-10-35-13-15-40-16-14-35)24(26(28,29)30)25(23)27(31,32)33/h2-6,9-10,17-18,34H,7-8,11-16H2,1H3. The lowest BCUT2D eigenvalue weighted by Gasteiger charge is -2.31. The molecule has 15 heteroatoms. The number of halogens is 6. The van der Waals surface area contributed by atoms with Crippen molar-refractivity contribution >= 4 is 33.3 Å². The molecule has 2 aromatic carbocycles. The Bertz CT molecular complexity index is 1420. The molecule has 0 amide bonds. The van der Waals surface area contributed by atoms with E-state index in [9.17, 15) is 39.6 Å². The number of morpholine rings is 1. The molecule has 1 N–H and O–H groups in total. The minimum atomic E-state index is -5.45. The molecule has 4 rings (SSSR count). The quantitative estimate of drug-likeness (QED) is 0.225. The Balaban J connectivity index is 1.60. The van der Waals surface area contributed by atoms with Crippen LogP contribution >= 0.6 is 11.8 Å². The maximum absolute atomic E-state index is 14.2. The maximum atomic E-state index is 14.2. The van der Waals surface area contributed by atoms with Gasteiger partial charge in [-0.05, 0) is 43.2 Å². The van der Waals surface area contributed by atoms with E-state index >= 15 is 0 Å². The van der Waals surface area contributed by atoms with Crippen LogP contribution in [-0.2, 0) is 27.1 Å². The van der Waals surface area contributed by atoms with E-state index in [1.165, 1.54) is 22.6 Å². The van der Waals surface area contributed by atoms with Crippen molar-refractivity contribution in [2.75, 3.05) is 51.0 Å². The van der Waals surface area contributed by atoms with E-state index in [-0.39, 0.29) is 10.9 Å². The summed E-state index contributed by atoms with van der Waals surface area (Å²) in [4.78, 5) is 13.9. The zero-order valence-electron chi connectivity index (χ0n) is 22.5. The van der Waals surface area contributed by atoms with Gasteiger partial charge in [-0.3, -0.25) is 4.79 Å². The monoisotopic (exact) mass is 637 g/mol. The van der Waals surface area contributed by atoms with Crippen molar-refractivity contribution in [3.63, 3.8) is 0 Å². The van der Waals surface area contributed by atoms with Gasteiger partial charge in [-0.25, -0.2) is 12.7 Å². The number of carbonyl (C=O) groups is 1. The van der Waals surface area contributed by atoms with Gasteiger partial charge in [0.1, 0.15) is 0 Å². The molecule has 2 aliphatic heterocycles. The molecule has 0 bridgehead atoms. The van der Waals surface area contributed by atoms with Crippen LogP contribution in [-0.4, -0.2) is 75.1 Å². The Morgan fingerprint density at radius 2 is 1.62 bits per heavy atom. The SMILES string of the molecule is CS(=O)(=O)N1CCC(Nc2cccc(Sc3ccc(C(=O)C=CN4CCOCC4)c(C(F)(F)F)c3C(F)(F)F)c2)CC1. The number of anilines is 1. The summed E-state index contributed by atoms with van der Waals surface area (Å²) < 4.78 is 115. The van der Waals surface area contributed by atoms with Crippen molar-refractivity contribution < 1.29 is 44.3 Å². The van der Waals surface area contributed by atoms with Crippen LogP contribution in [0.2, 0.25) is 0 Å². The van der Waals surface area contributed by atoms with Crippen LogP contribution in [0, 0.1) is 0 Å².